The van der Waals surface area contributed by atoms with Gasteiger partial charge >= 0.3 is 5.97 Å². The van der Waals surface area contributed by atoms with E-state index in [9.17, 15) is 19.5 Å². The van der Waals surface area contributed by atoms with Crippen molar-refractivity contribution >= 4 is 29.1 Å². The summed E-state index contributed by atoms with van der Waals surface area (Å²) in [6.07, 6.45) is -0.891. The second-order valence-corrected chi connectivity index (χ2v) is 13.6. The van der Waals surface area contributed by atoms with Crippen LogP contribution in [0.2, 0.25) is 0 Å². The van der Waals surface area contributed by atoms with E-state index >= 15 is 0 Å². The van der Waals surface area contributed by atoms with E-state index in [1.807, 2.05) is 63.2 Å². The van der Waals surface area contributed by atoms with E-state index in [-0.39, 0.29) is 31.2 Å². The molecule has 12 nitrogen and oxygen atoms in total. The molecule has 48 heavy (non-hydrogen) atoms. The van der Waals surface area contributed by atoms with Crippen LogP contribution < -0.4 is 5.32 Å². The Balaban J connectivity index is 1.23. The number of benzene rings is 2. The Morgan fingerprint density at radius 1 is 1.06 bits per heavy atom. The molecule has 2 amide bonds. The Labute approximate surface area is 283 Å². The number of β-amino-alcohol motifs (C(OH)–C–C–N with tert-alkyl or cyclic N) is 1. The Morgan fingerprint density at radius 3 is 2.50 bits per heavy atom. The molecule has 2 N–H and O–H groups in total. The van der Waals surface area contributed by atoms with Crippen molar-refractivity contribution in [3.05, 3.63) is 88.3 Å². The first-order chi connectivity index (χ1) is 23.1. The summed E-state index contributed by atoms with van der Waals surface area (Å²) >= 11 is 1.54. The van der Waals surface area contributed by atoms with Crippen LogP contribution in [0.5, 0.6) is 0 Å². The van der Waals surface area contributed by atoms with Gasteiger partial charge < -0.3 is 20.1 Å². The molecule has 6 rings (SSSR count). The number of carbonyl (C=O) groups is 3. The zero-order chi connectivity index (χ0) is 33.9. The molecule has 13 heteroatoms. The molecular formula is C35H41N7O5S. The Bertz CT molecular complexity index is 1760. The van der Waals surface area contributed by atoms with Gasteiger partial charge in [0.2, 0.25) is 11.8 Å². The predicted molar refractivity (Wildman–Crippen MR) is 179 cm³/mol. The molecule has 0 saturated carbocycles. The van der Waals surface area contributed by atoms with Crippen molar-refractivity contribution in [3.63, 3.8) is 0 Å². The summed E-state index contributed by atoms with van der Waals surface area (Å²) < 4.78 is 6.66. The van der Waals surface area contributed by atoms with Gasteiger partial charge in [-0.1, -0.05) is 66.7 Å². The summed E-state index contributed by atoms with van der Waals surface area (Å²) in [5, 5.41) is 22.5. The Kier molecular flexibility index (Phi) is 9.99. The number of fused-ring (bicyclic) bond motifs is 1. The van der Waals surface area contributed by atoms with Gasteiger partial charge in [-0.2, -0.15) is 0 Å². The molecule has 252 valence electrons. The first kappa shape index (κ1) is 33.4. The third-order valence-electron chi connectivity index (χ3n) is 9.31. The Morgan fingerprint density at radius 2 is 1.81 bits per heavy atom. The van der Waals surface area contributed by atoms with Crippen molar-refractivity contribution in [1.82, 2.24) is 35.1 Å². The van der Waals surface area contributed by atoms with E-state index in [4.69, 9.17) is 4.74 Å². The zero-order valence-electron chi connectivity index (χ0n) is 27.6. The van der Waals surface area contributed by atoms with Crippen LogP contribution in [-0.4, -0.2) is 85.0 Å². The van der Waals surface area contributed by atoms with E-state index in [1.54, 1.807) is 21.5 Å². The van der Waals surface area contributed by atoms with Crippen LogP contribution in [0.25, 0.3) is 10.4 Å². The minimum absolute atomic E-state index is 0.0153. The Hall–Kier alpha value is -4.46. The van der Waals surface area contributed by atoms with E-state index in [0.717, 1.165) is 33.1 Å². The van der Waals surface area contributed by atoms with Crippen LogP contribution in [-0.2, 0) is 32.2 Å². The molecule has 0 bridgehead atoms. The molecule has 2 aromatic heterocycles. The minimum Gasteiger partial charge on any atom is -0.469 e. The lowest BCUT2D eigenvalue weighted by molar-refractivity contribution is -0.144. The van der Waals surface area contributed by atoms with Gasteiger partial charge in [0.15, 0.2) is 0 Å². The van der Waals surface area contributed by atoms with Crippen molar-refractivity contribution in [2.24, 2.45) is 5.92 Å². The van der Waals surface area contributed by atoms with Crippen molar-refractivity contribution in [2.75, 3.05) is 20.2 Å². The molecular weight excluding hydrogens is 630 g/mol. The fraction of sp³-hybridized carbons (Fsp3) is 0.429. The van der Waals surface area contributed by atoms with E-state index < -0.39 is 36.1 Å². The van der Waals surface area contributed by atoms with E-state index in [2.05, 4.69) is 37.6 Å². The molecule has 0 radical (unpaired) electrons. The number of methoxy groups -OCH3 is 1. The molecule has 5 atom stereocenters. The normalized spacial score (nSPS) is 21.7. The van der Waals surface area contributed by atoms with Crippen LogP contribution in [0.4, 0.5) is 0 Å². The van der Waals surface area contributed by atoms with E-state index in [1.165, 1.54) is 17.6 Å². The monoisotopic (exact) mass is 671 g/mol. The molecule has 2 aliphatic rings. The highest BCUT2D eigenvalue weighted by molar-refractivity contribution is 7.13. The second kappa shape index (κ2) is 14.3. The van der Waals surface area contributed by atoms with Gasteiger partial charge in [-0.15, -0.1) is 16.4 Å². The van der Waals surface area contributed by atoms with Gasteiger partial charge in [0.05, 0.1) is 53.1 Å². The van der Waals surface area contributed by atoms with Crippen LogP contribution in [0, 0.1) is 19.8 Å². The third kappa shape index (κ3) is 7.03. The summed E-state index contributed by atoms with van der Waals surface area (Å²) in [5.41, 5.74) is 7.19. The first-order valence-corrected chi connectivity index (χ1v) is 17.0. The smallest absolute Gasteiger partial charge is 0.307 e. The molecule has 1 saturated heterocycles. The van der Waals surface area contributed by atoms with Crippen molar-refractivity contribution < 1.29 is 24.2 Å². The van der Waals surface area contributed by atoms with Crippen LogP contribution in [0.15, 0.2) is 60.1 Å². The summed E-state index contributed by atoms with van der Waals surface area (Å²) in [6, 6.07) is 15.4. The highest BCUT2D eigenvalue weighted by Gasteiger charge is 2.45. The molecule has 1 fully saturated rings. The highest BCUT2D eigenvalue weighted by atomic mass is 32.1. The number of carbonyl (C=O) groups excluding carboxylic acids is 3. The number of aryl methyl sites for hydroxylation is 2. The first-order valence-electron chi connectivity index (χ1n) is 16.2. The number of hydrogen-bond donors (Lipinski definition) is 2. The number of nitrogens with zero attached hydrogens (tertiary/aromatic N) is 6. The van der Waals surface area contributed by atoms with Crippen molar-refractivity contribution in [3.8, 4) is 10.4 Å². The number of thiazole rings is 1. The molecule has 0 unspecified atom stereocenters. The van der Waals surface area contributed by atoms with Crippen molar-refractivity contribution in [1.29, 1.82) is 0 Å². The van der Waals surface area contributed by atoms with Crippen LogP contribution in [0.3, 0.4) is 0 Å². The number of ether oxygens (including phenoxy) is 1. The average molecular weight is 672 g/mol. The lowest BCUT2D eigenvalue weighted by atomic mass is 9.99. The number of aromatic nitrogens is 4. The predicted octanol–water partition coefficient (Wildman–Crippen LogP) is 3.59. The van der Waals surface area contributed by atoms with E-state index in [0.29, 0.717) is 19.6 Å². The molecule has 2 aliphatic heterocycles. The topological polar surface area (TPSA) is 143 Å². The third-order valence-corrected chi connectivity index (χ3v) is 10.3. The maximum absolute atomic E-state index is 14.5. The largest absolute Gasteiger partial charge is 0.469 e. The second-order valence-electron chi connectivity index (χ2n) is 12.8. The quantitative estimate of drug-likeness (QED) is 0.255. The van der Waals surface area contributed by atoms with Gasteiger partial charge in [-0.3, -0.25) is 19.3 Å². The van der Waals surface area contributed by atoms with Gasteiger partial charge in [0, 0.05) is 38.5 Å². The number of hydrogen-bond acceptors (Lipinski definition) is 10. The number of nitrogens with one attached hydrogen (secondary N) is 1. The summed E-state index contributed by atoms with van der Waals surface area (Å²) in [7, 11) is 1.31. The van der Waals surface area contributed by atoms with Crippen LogP contribution >= 0.6 is 11.3 Å². The number of rotatable bonds is 9. The molecule has 2 aromatic carbocycles. The minimum atomic E-state index is -0.935. The number of esters is 1. The number of aliphatic hydroxyl groups is 1. The van der Waals surface area contributed by atoms with Crippen LogP contribution in [0.1, 0.15) is 60.1 Å². The van der Waals surface area contributed by atoms with Gasteiger partial charge in [0.25, 0.3) is 0 Å². The zero-order valence-corrected chi connectivity index (χ0v) is 28.4. The average Bonchev–Trinajstić information content (AvgIpc) is 3.77. The maximum atomic E-state index is 14.5. The SMILES string of the molecule is COC(=O)C[C@@H](NC(=O)[C@@H]1C[C@@H](O)CN1C(=O)[C@@H]1[C@H](C)CN(Cc2ccccc2)Cc2c(C)nnn21)c1ccc(-c2scnc2C)cc1. The fourth-order valence-corrected chi connectivity index (χ4v) is 7.64. The summed E-state index contributed by atoms with van der Waals surface area (Å²) in [4.78, 5) is 50.0. The standard InChI is InChI=1S/C35H41N7O5S/c1-21-16-40(17-24-8-6-5-7-9-24)19-30-22(2)38-39-42(30)32(21)35(46)41-18-27(43)14-29(41)34(45)37-28(15-31(44)47-4)25-10-12-26(13-11-25)33-23(3)36-20-48-33/h5-13,20-21,27-29,32,43H,14-19H2,1-4H3,(H,37,45)/t21-,27-,28-,29+,32+/m1/s1. The van der Waals surface area contributed by atoms with Gasteiger partial charge in [-0.25, -0.2) is 9.67 Å². The molecule has 4 aromatic rings. The van der Waals surface area contributed by atoms with Gasteiger partial charge in [-0.05, 0) is 30.5 Å². The maximum Gasteiger partial charge on any atom is 0.307 e. The van der Waals surface area contributed by atoms with Gasteiger partial charge in [0.1, 0.15) is 12.1 Å². The number of aliphatic hydroxyl groups excluding tert-OH is 1. The molecule has 0 aliphatic carbocycles. The number of amides is 2. The lowest BCUT2D eigenvalue weighted by Crippen LogP contribution is -2.50. The molecule has 0 spiro atoms. The highest BCUT2D eigenvalue weighted by Crippen LogP contribution is 2.33. The fourth-order valence-electron chi connectivity index (χ4n) is 6.83. The summed E-state index contributed by atoms with van der Waals surface area (Å²) in [5.74, 6) is -1.39. The lowest BCUT2D eigenvalue weighted by Gasteiger charge is -2.31. The van der Waals surface area contributed by atoms with Crippen molar-refractivity contribution in [2.45, 2.75) is 70.9 Å². The number of likely N-dealkylation sites (tertiary alicyclic amines) is 1. The molecule has 4 heterocycles. The summed E-state index contributed by atoms with van der Waals surface area (Å²) in [6.45, 7) is 7.77.